The van der Waals surface area contributed by atoms with Crippen molar-refractivity contribution in [3.63, 3.8) is 0 Å². The zero-order valence-corrected chi connectivity index (χ0v) is 12.8. The first-order valence-electron chi connectivity index (χ1n) is 7.98. The Morgan fingerprint density at radius 1 is 1.21 bits per heavy atom. The highest BCUT2D eigenvalue weighted by Crippen LogP contribution is 2.39. The van der Waals surface area contributed by atoms with Crippen LogP contribution in [0.2, 0.25) is 0 Å². The average Bonchev–Trinajstić information content (AvgIpc) is 2.72. The topological polar surface area (TPSA) is 43.8 Å². The summed E-state index contributed by atoms with van der Waals surface area (Å²) in [6, 6.07) is 0. The van der Waals surface area contributed by atoms with Gasteiger partial charge in [-0.1, -0.05) is 33.1 Å². The highest BCUT2D eigenvalue weighted by atomic mass is 15.3. The highest BCUT2D eigenvalue weighted by molar-refractivity contribution is 5.44. The molecule has 3 nitrogen and oxygen atoms in total. The van der Waals surface area contributed by atoms with Crippen molar-refractivity contribution < 1.29 is 0 Å². The predicted molar refractivity (Wildman–Crippen MR) is 81.2 cm³/mol. The quantitative estimate of drug-likeness (QED) is 0.871. The van der Waals surface area contributed by atoms with Gasteiger partial charge in [0.15, 0.2) is 0 Å². The summed E-state index contributed by atoms with van der Waals surface area (Å²) >= 11 is 0. The van der Waals surface area contributed by atoms with Gasteiger partial charge in [-0.05, 0) is 38.0 Å². The smallest absolute Gasteiger partial charge is 0.124 e. The molecule has 0 spiro atoms. The molecule has 3 heteroatoms. The standard InChI is InChI=1S/C16H29N3/c1-4-6-7-12-8-10-13(11-9-12)15-14(5-2)16(17)19(3)18-15/h12-13H,4-11,17H2,1-3H3. The van der Waals surface area contributed by atoms with Crippen LogP contribution in [-0.4, -0.2) is 9.78 Å². The summed E-state index contributed by atoms with van der Waals surface area (Å²) in [6.07, 6.45) is 10.5. The van der Waals surface area contributed by atoms with E-state index >= 15 is 0 Å². The normalized spacial score (nSPS) is 23.7. The van der Waals surface area contributed by atoms with Crippen LogP contribution >= 0.6 is 0 Å². The van der Waals surface area contributed by atoms with E-state index in [1.165, 1.54) is 56.2 Å². The van der Waals surface area contributed by atoms with Gasteiger partial charge in [0.1, 0.15) is 5.82 Å². The molecule has 0 saturated heterocycles. The molecule has 1 aromatic heterocycles. The zero-order valence-electron chi connectivity index (χ0n) is 12.8. The Bertz CT molecular complexity index is 400. The molecule has 0 aromatic carbocycles. The van der Waals surface area contributed by atoms with Gasteiger partial charge in [-0.25, -0.2) is 0 Å². The SMILES string of the molecule is CCCCC1CCC(c2nn(C)c(N)c2CC)CC1. The van der Waals surface area contributed by atoms with E-state index in [9.17, 15) is 0 Å². The molecule has 1 aromatic rings. The first-order chi connectivity index (χ1) is 9.17. The van der Waals surface area contributed by atoms with Crippen molar-refractivity contribution in [1.29, 1.82) is 0 Å². The number of nitrogen functional groups attached to an aromatic ring is 1. The number of nitrogens with zero attached hydrogens (tertiary/aromatic N) is 2. The van der Waals surface area contributed by atoms with Crippen LogP contribution in [0, 0.1) is 5.92 Å². The van der Waals surface area contributed by atoms with Crippen molar-refractivity contribution in [2.45, 2.75) is 71.1 Å². The molecular formula is C16H29N3. The highest BCUT2D eigenvalue weighted by Gasteiger charge is 2.26. The lowest BCUT2D eigenvalue weighted by Crippen LogP contribution is -2.15. The number of nitrogens with two attached hydrogens (primary N) is 1. The monoisotopic (exact) mass is 263 g/mol. The summed E-state index contributed by atoms with van der Waals surface area (Å²) in [5.74, 6) is 2.48. The maximum Gasteiger partial charge on any atom is 0.124 e. The van der Waals surface area contributed by atoms with Gasteiger partial charge in [0.05, 0.1) is 5.69 Å². The molecule has 0 atom stereocenters. The third-order valence-electron chi connectivity index (χ3n) is 4.78. The number of aryl methyl sites for hydroxylation is 1. The van der Waals surface area contributed by atoms with Gasteiger partial charge >= 0.3 is 0 Å². The second-order valence-electron chi connectivity index (χ2n) is 6.09. The average molecular weight is 263 g/mol. The minimum Gasteiger partial charge on any atom is -0.384 e. The number of unbranched alkanes of at least 4 members (excludes halogenated alkanes) is 1. The van der Waals surface area contributed by atoms with E-state index in [2.05, 4.69) is 18.9 Å². The summed E-state index contributed by atoms with van der Waals surface area (Å²) in [5.41, 5.74) is 8.69. The first kappa shape index (κ1) is 14.4. The van der Waals surface area contributed by atoms with Crippen LogP contribution in [0.5, 0.6) is 0 Å². The molecule has 19 heavy (non-hydrogen) atoms. The van der Waals surface area contributed by atoms with E-state index in [1.54, 1.807) is 0 Å². The van der Waals surface area contributed by atoms with Gasteiger partial charge in [0.25, 0.3) is 0 Å². The lowest BCUT2D eigenvalue weighted by molar-refractivity contribution is 0.300. The van der Waals surface area contributed by atoms with E-state index in [4.69, 9.17) is 5.73 Å². The Labute approximate surface area is 117 Å². The second-order valence-corrected chi connectivity index (χ2v) is 6.09. The predicted octanol–water partition coefficient (Wildman–Crippen LogP) is 4.03. The van der Waals surface area contributed by atoms with Crippen LogP contribution in [0.3, 0.4) is 0 Å². The van der Waals surface area contributed by atoms with Crippen LogP contribution in [0.4, 0.5) is 5.82 Å². The van der Waals surface area contributed by atoms with Gasteiger partial charge in [-0.3, -0.25) is 4.68 Å². The molecule has 1 aliphatic rings. The Balaban J connectivity index is 1.99. The molecule has 1 aliphatic carbocycles. The van der Waals surface area contributed by atoms with Crippen LogP contribution in [0.15, 0.2) is 0 Å². The van der Waals surface area contributed by atoms with E-state index < -0.39 is 0 Å². The van der Waals surface area contributed by atoms with Gasteiger partial charge in [-0.2, -0.15) is 5.10 Å². The van der Waals surface area contributed by atoms with E-state index in [1.807, 2.05) is 11.7 Å². The van der Waals surface area contributed by atoms with Gasteiger partial charge in [-0.15, -0.1) is 0 Å². The van der Waals surface area contributed by atoms with Crippen molar-refractivity contribution in [1.82, 2.24) is 9.78 Å². The van der Waals surface area contributed by atoms with Crippen molar-refractivity contribution in [2.24, 2.45) is 13.0 Å². The van der Waals surface area contributed by atoms with Crippen LogP contribution in [-0.2, 0) is 13.5 Å². The van der Waals surface area contributed by atoms with Crippen LogP contribution < -0.4 is 5.73 Å². The fourth-order valence-corrected chi connectivity index (χ4v) is 3.51. The summed E-state index contributed by atoms with van der Waals surface area (Å²) < 4.78 is 1.86. The molecule has 0 aliphatic heterocycles. The Hall–Kier alpha value is -0.990. The maximum absolute atomic E-state index is 6.11. The summed E-state index contributed by atoms with van der Waals surface area (Å²) in [7, 11) is 1.96. The Morgan fingerprint density at radius 2 is 1.89 bits per heavy atom. The lowest BCUT2D eigenvalue weighted by Gasteiger charge is -2.28. The molecule has 0 amide bonds. The zero-order chi connectivity index (χ0) is 13.8. The number of hydrogen-bond donors (Lipinski definition) is 1. The van der Waals surface area contributed by atoms with Crippen LogP contribution in [0.25, 0.3) is 0 Å². The number of rotatable bonds is 5. The van der Waals surface area contributed by atoms with E-state index in [0.717, 1.165) is 18.2 Å². The van der Waals surface area contributed by atoms with Crippen LogP contribution in [0.1, 0.15) is 76.0 Å². The van der Waals surface area contributed by atoms with E-state index in [0.29, 0.717) is 5.92 Å². The maximum atomic E-state index is 6.11. The molecule has 1 saturated carbocycles. The molecule has 1 fully saturated rings. The molecule has 0 unspecified atom stereocenters. The molecule has 108 valence electrons. The molecule has 2 rings (SSSR count). The first-order valence-corrected chi connectivity index (χ1v) is 7.98. The lowest BCUT2D eigenvalue weighted by atomic mass is 9.78. The summed E-state index contributed by atoms with van der Waals surface area (Å²) in [4.78, 5) is 0. The Kier molecular flexibility index (Phi) is 4.89. The van der Waals surface area contributed by atoms with Gasteiger partial charge in [0, 0.05) is 18.5 Å². The number of hydrogen-bond acceptors (Lipinski definition) is 2. The number of anilines is 1. The van der Waals surface area contributed by atoms with E-state index in [-0.39, 0.29) is 0 Å². The van der Waals surface area contributed by atoms with Gasteiger partial charge in [0.2, 0.25) is 0 Å². The molecule has 0 radical (unpaired) electrons. The summed E-state index contributed by atoms with van der Waals surface area (Å²) in [5, 5.41) is 4.68. The molecule has 1 heterocycles. The van der Waals surface area contributed by atoms with Crippen molar-refractivity contribution in [2.75, 3.05) is 5.73 Å². The van der Waals surface area contributed by atoms with Crippen molar-refractivity contribution in [3.8, 4) is 0 Å². The fraction of sp³-hybridized carbons (Fsp3) is 0.812. The van der Waals surface area contributed by atoms with Crippen molar-refractivity contribution >= 4 is 5.82 Å². The minimum atomic E-state index is 0.649. The third kappa shape index (κ3) is 3.13. The largest absolute Gasteiger partial charge is 0.384 e. The fourth-order valence-electron chi connectivity index (χ4n) is 3.51. The minimum absolute atomic E-state index is 0.649. The van der Waals surface area contributed by atoms with Gasteiger partial charge < -0.3 is 5.73 Å². The van der Waals surface area contributed by atoms with Crippen molar-refractivity contribution in [3.05, 3.63) is 11.3 Å². The third-order valence-corrected chi connectivity index (χ3v) is 4.78. The molecule has 0 bridgehead atoms. The number of aromatic nitrogens is 2. The Morgan fingerprint density at radius 3 is 2.47 bits per heavy atom. The second kappa shape index (κ2) is 6.44. The summed E-state index contributed by atoms with van der Waals surface area (Å²) in [6.45, 7) is 4.47. The molecule has 2 N–H and O–H groups in total. The molecular weight excluding hydrogens is 234 g/mol.